The summed E-state index contributed by atoms with van der Waals surface area (Å²) in [7, 11) is 0.117. The van der Waals surface area contributed by atoms with Gasteiger partial charge in [0.15, 0.2) is 0 Å². The Kier molecular flexibility index (Phi) is 6.27. The van der Waals surface area contributed by atoms with Crippen LogP contribution in [0.5, 0.6) is 5.75 Å². The first kappa shape index (κ1) is 21.7. The molecule has 2 aromatic carbocycles. The van der Waals surface area contributed by atoms with Crippen molar-refractivity contribution in [2.45, 2.75) is 31.6 Å². The molecule has 0 aliphatic heterocycles. The Morgan fingerprint density at radius 1 is 1.10 bits per heavy atom. The number of benzene rings is 2. The van der Waals surface area contributed by atoms with Gasteiger partial charge in [0.2, 0.25) is 0 Å². The molecule has 0 saturated heterocycles. The van der Waals surface area contributed by atoms with Crippen LogP contribution in [0.4, 0.5) is 0 Å². The van der Waals surface area contributed by atoms with E-state index in [9.17, 15) is 8.42 Å². The lowest BCUT2D eigenvalue weighted by atomic mass is 10.0. The molecule has 0 spiro atoms. The molecule has 1 aromatic heterocycles. The molecule has 0 atom stereocenters. The third-order valence-corrected chi connectivity index (χ3v) is 6.98. The fourth-order valence-electron chi connectivity index (χ4n) is 3.28. The fraction of sp³-hybridized carbons (Fsp3) is 0.364. The molecule has 0 saturated carbocycles. The average molecular weight is 435 g/mol. The second kappa shape index (κ2) is 8.38. The van der Waals surface area contributed by atoms with Crippen molar-refractivity contribution in [2.24, 2.45) is 0 Å². The summed E-state index contributed by atoms with van der Waals surface area (Å²) in [4.78, 5) is 2.25. The van der Waals surface area contributed by atoms with E-state index in [-0.39, 0.29) is 4.90 Å². The number of aromatic nitrogens is 1. The molecule has 0 bridgehead atoms. The van der Waals surface area contributed by atoms with E-state index >= 15 is 0 Å². The molecular weight excluding hydrogens is 408 g/mol. The van der Waals surface area contributed by atoms with Crippen molar-refractivity contribution < 1.29 is 13.2 Å². The quantitative estimate of drug-likeness (QED) is 0.530. The van der Waals surface area contributed by atoms with Crippen molar-refractivity contribution in [3.63, 3.8) is 0 Å². The Bertz CT molecular complexity index is 1120. The number of likely N-dealkylation sites (N-methyl/N-ethyl adjacent to an activating group) is 1. The second-order valence-electron chi connectivity index (χ2n) is 7.72. The van der Waals surface area contributed by atoms with Gasteiger partial charge in [-0.25, -0.2) is 12.4 Å². The van der Waals surface area contributed by atoms with Crippen LogP contribution >= 0.6 is 11.6 Å². The van der Waals surface area contributed by atoms with E-state index in [0.717, 1.165) is 17.5 Å². The molecule has 7 heteroatoms. The van der Waals surface area contributed by atoms with E-state index in [1.165, 1.54) is 3.97 Å². The monoisotopic (exact) mass is 434 g/mol. The molecule has 0 unspecified atom stereocenters. The maximum absolute atomic E-state index is 13.5. The van der Waals surface area contributed by atoms with Crippen molar-refractivity contribution in [3.05, 3.63) is 58.7 Å². The lowest BCUT2D eigenvalue weighted by molar-refractivity contribution is 0.262. The minimum Gasteiger partial charge on any atom is -0.490 e. The van der Waals surface area contributed by atoms with Gasteiger partial charge in [-0.15, -0.1) is 0 Å². The first-order valence-electron chi connectivity index (χ1n) is 9.56. The van der Waals surface area contributed by atoms with Gasteiger partial charge in [-0.2, -0.15) is 0 Å². The SMILES string of the molecule is Cc1c(OCCN(C)C)c2ccc(Cl)cc2n1S(=O)(=O)c1ccc(C(C)C)cc1. The van der Waals surface area contributed by atoms with Gasteiger partial charge in [-0.1, -0.05) is 37.6 Å². The summed E-state index contributed by atoms with van der Waals surface area (Å²) < 4.78 is 34.4. The summed E-state index contributed by atoms with van der Waals surface area (Å²) in [6, 6.07) is 12.3. The molecule has 3 aromatic rings. The highest BCUT2D eigenvalue weighted by Gasteiger charge is 2.26. The molecule has 29 heavy (non-hydrogen) atoms. The average Bonchev–Trinajstić information content (AvgIpc) is 2.93. The van der Waals surface area contributed by atoms with Crippen LogP contribution in [0.1, 0.15) is 31.0 Å². The van der Waals surface area contributed by atoms with Crippen LogP contribution in [0.25, 0.3) is 10.9 Å². The Morgan fingerprint density at radius 3 is 2.34 bits per heavy atom. The third kappa shape index (κ3) is 4.29. The summed E-state index contributed by atoms with van der Waals surface area (Å²) in [6.07, 6.45) is 0. The van der Waals surface area contributed by atoms with Crippen molar-refractivity contribution in [3.8, 4) is 5.75 Å². The van der Waals surface area contributed by atoms with Crippen LogP contribution in [0, 0.1) is 6.92 Å². The number of nitrogens with zero attached hydrogens (tertiary/aromatic N) is 2. The highest BCUT2D eigenvalue weighted by atomic mass is 35.5. The van der Waals surface area contributed by atoms with Crippen molar-refractivity contribution in [1.82, 2.24) is 8.87 Å². The van der Waals surface area contributed by atoms with Gasteiger partial charge in [-0.05, 0) is 62.8 Å². The van der Waals surface area contributed by atoms with E-state index in [1.807, 2.05) is 37.2 Å². The number of hydrogen-bond acceptors (Lipinski definition) is 4. The standard InChI is InChI=1S/C22H27ClN2O3S/c1-15(2)17-6-9-19(10-7-17)29(26,27)25-16(3)22(28-13-12-24(4)5)20-11-8-18(23)14-21(20)25/h6-11,14-15H,12-13H2,1-5H3. The Balaban J connectivity index is 2.14. The van der Waals surface area contributed by atoms with Gasteiger partial charge in [0.1, 0.15) is 12.4 Å². The molecule has 0 aliphatic carbocycles. The molecule has 5 nitrogen and oxygen atoms in total. The van der Waals surface area contributed by atoms with Crippen LogP contribution in [0.15, 0.2) is 47.4 Å². The zero-order valence-corrected chi connectivity index (χ0v) is 19.0. The molecule has 156 valence electrons. The number of ether oxygens (including phenoxy) is 1. The lowest BCUT2D eigenvalue weighted by Crippen LogP contribution is -2.20. The van der Waals surface area contributed by atoms with Crippen molar-refractivity contribution >= 4 is 32.5 Å². The Hall–Kier alpha value is -2.02. The van der Waals surface area contributed by atoms with E-state index < -0.39 is 10.0 Å². The highest BCUT2D eigenvalue weighted by Crippen LogP contribution is 2.37. The summed E-state index contributed by atoms with van der Waals surface area (Å²) in [5.41, 5.74) is 2.14. The Labute approximate surface area is 177 Å². The van der Waals surface area contributed by atoms with Gasteiger partial charge >= 0.3 is 0 Å². The smallest absolute Gasteiger partial charge is 0.268 e. The second-order valence-corrected chi connectivity index (χ2v) is 9.94. The maximum Gasteiger partial charge on any atom is 0.268 e. The number of halogens is 1. The topological polar surface area (TPSA) is 51.5 Å². The molecule has 0 amide bonds. The maximum atomic E-state index is 13.5. The van der Waals surface area contributed by atoms with E-state index in [0.29, 0.717) is 34.5 Å². The predicted octanol–water partition coefficient (Wildman–Crippen LogP) is 4.90. The Morgan fingerprint density at radius 2 is 1.76 bits per heavy atom. The van der Waals surface area contributed by atoms with Gasteiger partial charge < -0.3 is 9.64 Å². The van der Waals surface area contributed by atoms with Crippen LogP contribution in [0.3, 0.4) is 0 Å². The molecule has 0 aliphatic rings. The van der Waals surface area contributed by atoms with Gasteiger partial charge in [0.05, 0.1) is 16.1 Å². The van der Waals surface area contributed by atoms with Crippen molar-refractivity contribution in [2.75, 3.05) is 27.2 Å². The normalized spacial score (nSPS) is 12.3. The number of hydrogen-bond donors (Lipinski definition) is 0. The molecule has 1 heterocycles. The van der Waals surface area contributed by atoms with E-state index in [4.69, 9.17) is 16.3 Å². The first-order valence-corrected chi connectivity index (χ1v) is 11.4. The zero-order valence-electron chi connectivity index (χ0n) is 17.4. The van der Waals surface area contributed by atoms with Crippen LogP contribution in [-0.2, 0) is 10.0 Å². The summed E-state index contributed by atoms with van der Waals surface area (Å²) in [5.74, 6) is 0.900. The van der Waals surface area contributed by atoms with Gasteiger partial charge in [-0.3, -0.25) is 0 Å². The molecular formula is C22H27ClN2O3S. The molecule has 0 radical (unpaired) electrons. The van der Waals surface area contributed by atoms with Gasteiger partial charge in [0.25, 0.3) is 10.0 Å². The minimum atomic E-state index is -3.81. The van der Waals surface area contributed by atoms with Crippen molar-refractivity contribution in [1.29, 1.82) is 0 Å². The molecule has 3 rings (SSSR count). The third-order valence-electron chi connectivity index (χ3n) is 4.93. The minimum absolute atomic E-state index is 0.238. The first-order chi connectivity index (χ1) is 13.6. The van der Waals surface area contributed by atoms with E-state index in [1.54, 1.807) is 31.2 Å². The van der Waals surface area contributed by atoms with Crippen LogP contribution < -0.4 is 4.74 Å². The number of rotatable bonds is 7. The van der Waals surface area contributed by atoms with E-state index in [2.05, 4.69) is 13.8 Å². The summed E-state index contributed by atoms with van der Waals surface area (Å²) in [6.45, 7) is 7.10. The zero-order chi connectivity index (χ0) is 21.3. The van der Waals surface area contributed by atoms with Gasteiger partial charge in [0, 0.05) is 17.0 Å². The lowest BCUT2D eigenvalue weighted by Gasteiger charge is -2.13. The summed E-state index contributed by atoms with van der Waals surface area (Å²) in [5, 5.41) is 1.20. The predicted molar refractivity (Wildman–Crippen MR) is 119 cm³/mol. The molecule has 0 fully saturated rings. The summed E-state index contributed by atoms with van der Waals surface area (Å²) >= 11 is 6.19. The highest BCUT2D eigenvalue weighted by molar-refractivity contribution is 7.90. The number of fused-ring (bicyclic) bond motifs is 1. The van der Waals surface area contributed by atoms with Crippen LogP contribution in [-0.4, -0.2) is 44.5 Å². The molecule has 0 N–H and O–H groups in total. The largest absolute Gasteiger partial charge is 0.490 e. The van der Waals surface area contributed by atoms with Crippen LogP contribution in [0.2, 0.25) is 5.02 Å². The fourth-order valence-corrected chi connectivity index (χ4v) is 5.00.